The minimum absolute atomic E-state index is 0.0107. The number of amides is 3. The number of Topliss-reactive ketones (excluding diaryl/α,β-unsaturated/α-hetero) is 1. The lowest BCUT2D eigenvalue weighted by Crippen LogP contribution is -2.45. The zero-order valence-electron chi connectivity index (χ0n) is 20.0. The van der Waals surface area contributed by atoms with Gasteiger partial charge < -0.3 is 20.9 Å². The summed E-state index contributed by atoms with van der Waals surface area (Å²) in [5, 5.41) is 2.88. The van der Waals surface area contributed by atoms with Crippen molar-refractivity contribution in [3.8, 4) is 0 Å². The van der Waals surface area contributed by atoms with Gasteiger partial charge >= 0.3 is 0 Å². The number of carbonyl (C=O) groups excluding carboxylic acids is 4. The lowest BCUT2D eigenvalue weighted by Gasteiger charge is -2.29. The summed E-state index contributed by atoms with van der Waals surface area (Å²) in [6.07, 6.45) is 6.82. The lowest BCUT2D eigenvalue weighted by molar-refractivity contribution is -0.138. The first-order chi connectivity index (χ1) is 16.3. The SMILES string of the molecule is CC(CCNC(=O)c1ccc(N)cc1)CC(=O)N1CCC2C1C(=O)CN2C(=O)C1CCCCC1. The van der Waals surface area contributed by atoms with Gasteiger partial charge in [0.05, 0.1) is 12.6 Å². The van der Waals surface area contributed by atoms with Crippen LogP contribution in [0, 0.1) is 11.8 Å². The molecule has 0 spiro atoms. The van der Waals surface area contributed by atoms with Gasteiger partial charge in [0.2, 0.25) is 11.8 Å². The Labute approximate surface area is 201 Å². The molecule has 3 fully saturated rings. The third kappa shape index (κ3) is 5.26. The molecule has 1 aromatic rings. The Morgan fingerprint density at radius 3 is 2.47 bits per heavy atom. The molecule has 8 nitrogen and oxygen atoms in total. The van der Waals surface area contributed by atoms with E-state index in [-0.39, 0.29) is 47.9 Å². The fourth-order valence-electron chi connectivity index (χ4n) is 5.66. The molecule has 184 valence electrons. The highest BCUT2D eigenvalue weighted by Gasteiger charge is 2.51. The second kappa shape index (κ2) is 10.6. The fourth-order valence-corrected chi connectivity index (χ4v) is 5.66. The Morgan fingerprint density at radius 2 is 1.76 bits per heavy atom. The van der Waals surface area contributed by atoms with Crippen molar-refractivity contribution in [2.45, 2.75) is 70.4 Å². The van der Waals surface area contributed by atoms with Crippen molar-refractivity contribution in [1.29, 1.82) is 0 Å². The van der Waals surface area contributed by atoms with Crippen molar-refractivity contribution in [3.63, 3.8) is 0 Å². The Hall–Kier alpha value is -2.90. The average molecular weight is 469 g/mol. The van der Waals surface area contributed by atoms with Crippen LogP contribution in [-0.2, 0) is 14.4 Å². The van der Waals surface area contributed by atoms with E-state index in [1.807, 2.05) is 6.92 Å². The van der Waals surface area contributed by atoms with Gasteiger partial charge in [-0.1, -0.05) is 26.2 Å². The van der Waals surface area contributed by atoms with Crippen LogP contribution < -0.4 is 11.1 Å². The van der Waals surface area contributed by atoms with E-state index in [0.29, 0.717) is 43.6 Å². The van der Waals surface area contributed by atoms with Crippen molar-refractivity contribution in [3.05, 3.63) is 29.8 Å². The molecule has 2 heterocycles. The minimum atomic E-state index is -0.488. The number of hydrogen-bond donors (Lipinski definition) is 2. The molecule has 1 saturated carbocycles. The van der Waals surface area contributed by atoms with E-state index in [4.69, 9.17) is 5.73 Å². The molecule has 8 heteroatoms. The second-order valence-electron chi connectivity index (χ2n) is 10.1. The third-order valence-corrected chi connectivity index (χ3v) is 7.60. The number of likely N-dealkylation sites (tertiary alicyclic amines) is 2. The van der Waals surface area contributed by atoms with Gasteiger partial charge in [-0.3, -0.25) is 19.2 Å². The van der Waals surface area contributed by atoms with E-state index in [1.54, 1.807) is 34.1 Å². The lowest BCUT2D eigenvalue weighted by atomic mass is 9.88. The number of nitrogens with zero attached hydrogens (tertiary/aromatic N) is 2. The Kier molecular flexibility index (Phi) is 7.54. The molecule has 3 unspecified atom stereocenters. The standard InChI is InChI=1S/C26H36N4O4/c1-17(11-13-28-25(33)18-7-9-20(27)10-8-18)15-23(32)29-14-12-21-24(29)22(31)16-30(21)26(34)19-5-3-2-4-6-19/h7-10,17,19,21,24H,2-6,11-16,27H2,1H3,(H,28,33). The zero-order valence-corrected chi connectivity index (χ0v) is 20.0. The van der Waals surface area contributed by atoms with Gasteiger partial charge in [-0.15, -0.1) is 0 Å². The van der Waals surface area contributed by atoms with Crippen LogP contribution in [0.4, 0.5) is 5.69 Å². The highest BCUT2D eigenvalue weighted by Crippen LogP contribution is 2.34. The molecule has 4 rings (SSSR count). The maximum absolute atomic E-state index is 13.1. The van der Waals surface area contributed by atoms with Crippen LogP contribution >= 0.6 is 0 Å². The van der Waals surface area contributed by atoms with Crippen LogP contribution in [0.25, 0.3) is 0 Å². The van der Waals surface area contributed by atoms with Crippen LogP contribution in [0.15, 0.2) is 24.3 Å². The van der Waals surface area contributed by atoms with Crippen LogP contribution in [0.2, 0.25) is 0 Å². The second-order valence-corrected chi connectivity index (χ2v) is 10.1. The summed E-state index contributed by atoms with van der Waals surface area (Å²) in [6, 6.07) is 6.09. The first kappa shape index (κ1) is 24.2. The number of carbonyl (C=O) groups is 4. The van der Waals surface area contributed by atoms with Crippen LogP contribution in [0.3, 0.4) is 0 Å². The largest absolute Gasteiger partial charge is 0.399 e. The number of nitrogen functional groups attached to an aromatic ring is 1. The number of benzene rings is 1. The van der Waals surface area contributed by atoms with Crippen molar-refractivity contribution < 1.29 is 19.2 Å². The predicted molar refractivity (Wildman–Crippen MR) is 129 cm³/mol. The molecule has 1 aliphatic carbocycles. The van der Waals surface area contributed by atoms with Crippen LogP contribution in [-0.4, -0.2) is 65.0 Å². The summed E-state index contributed by atoms with van der Waals surface area (Å²) in [5.74, 6) is -0.00266. The maximum atomic E-state index is 13.1. The Balaban J connectivity index is 1.25. The molecule has 0 aromatic heterocycles. The molecule has 2 saturated heterocycles. The molecule has 3 N–H and O–H groups in total. The van der Waals surface area contributed by atoms with Gasteiger partial charge in [-0.25, -0.2) is 0 Å². The summed E-state index contributed by atoms with van der Waals surface area (Å²) < 4.78 is 0. The number of rotatable bonds is 7. The molecule has 3 amide bonds. The highest BCUT2D eigenvalue weighted by atomic mass is 16.2. The number of anilines is 1. The van der Waals surface area contributed by atoms with Crippen LogP contribution in [0.5, 0.6) is 0 Å². The van der Waals surface area contributed by atoms with Gasteiger partial charge in [0, 0.05) is 36.7 Å². The first-order valence-corrected chi connectivity index (χ1v) is 12.6. The molecule has 3 aliphatic rings. The summed E-state index contributed by atoms with van der Waals surface area (Å²) in [6.45, 7) is 3.11. The minimum Gasteiger partial charge on any atom is -0.399 e. The highest BCUT2D eigenvalue weighted by molar-refractivity contribution is 5.98. The van der Waals surface area contributed by atoms with E-state index in [0.717, 1.165) is 25.7 Å². The quantitative estimate of drug-likeness (QED) is 0.597. The topological polar surface area (TPSA) is 113 Å². The molecule has 1 aromatic carbocycles. The monoisotopic (exact) mass is 468 g/mol. The van der Waals surface area contributed by atoms with Crippen LogP contribution in [0.1, 0.15) is 68.6 Å². The van der Waals surface area contributed by atoms with E-state index in [1.165, 1.54) is 6.42 Å². The smallest absolute Gasteiger partial charge is 0.251 e. The summed E-state index contributed by atoms with van der Waals surface area (Å²) in [5.41, 5.74) is 6.81. The van der Waals surface area contributed by atoms with Gasteiger partial charge in [0.15, 0.2) is 5.78 Å². The molecular formula is C26H36N4O4. The summed E-state index contributed by atoms with van der Waals surface area (Å²) in [7, 11) is 0. The normalized spacial score (nSPS) is 23.6. The number of nitrogens with two attached hydrogens (primary N) is 1. The third-order valence-electron chi connectivity index (χ3n) is 7.60. The Morgan fingerprint density at radius 1 is 1.06 bits per heavy atom. The van der Waals surface area contributed by atoms with Crippen molar-refractivity contribution in [2.75, 3.05) is 25.4 Å². The predicted octanol–water partition coefficient (Wildman–Crippen LogP) is 2.38. The summed E-state index contributed by atoms with van der Waals surface area (Å²) in [4.78, 5) is 54.6. The number of nitrogens with one attached hydrogen (secondary N) is 1. The van der Waals surface area contributed by atoms with Crippen molar-refractivity contribution in [2.24, 2.45) is 11.8 Å². The molecule has 3 atom stereocenters. The molecule has 0 radical (unpaired) electrons. The number of ketones is 1. The molecule has 0 bridgehead atoms. The number of hydrogen-bond acceptors (Lipinski definition) is 5. The van der Waals surface area contributed by atoms with E-state index in [9.17, 15) is 19.2 Å². The van der Waals surface area contributed by atoms with Crippen molar-refractivity contribution in [1.82, 2.24) is 15.1 Å². The number of fused-ring (bicyclic) bond motifs is 1. The first-order valence-electron chi connectivity index (χ1n) is 12.6. The molecule has 2 aliphatic heterocycles. The average Bonchev–Trinajstić information content (AvgIpc) is 3.41. The Bertz CT molecular complexity index is 925. The fraction of sp³-hybridized carbons (Fsp3) is 0.615. The van der Waals surface area contributed by atoms with E-state index >= 15 is 0 Å². The molecule has 34 heavy (non-hydrogen) atoms. The van der Waals surface area contributed by atoms with Gasteiger partial charge in [-0.2, -0.15) is 0 Å². The van der Waals surface area contributed by atoms with E-state index in [2.05, 4.69) is 5.32 Å². The van der Waals surface area contributed by atoms with Gasteiger partial charge in [0.25, 0.3) is 5.91 Å². The maximum Gasteiger partial charge on any atom is 0.251 e. The van der Waals surface area contributed by atoms with Gasteiger partial charge in [-0.05, 0) is 55.9 Å². The summed E-state index contributed by atoms with van der Waals surface area (Å²) >= 11 is 0. The van der Waals surface area contributed by atoms with E-state index < -0.39 is 6.04 Å². The molecular weight excluding hydrogens is 432 g/mol. The van der Waals surface area contributed by atoms with Crippen molar-refractivity contribution >= 4 is 29.2 Å². The zero-order chi connectivity index (χ0) is 24.2. The van der Waals surface area contributed by atoms with Gasteiger partial charge in [0.1, 0.15) is 6.04 Å².